The molecule has 0 aromatic heterocycles. The van der Waals surface area contributed by atoms with E-state index in [1.807, 2.05) is 0 Å². The molecule has 0 aliphatic carbocycles. The number of carbonyl (C=O) groups is 2. The molecule has 2 rings (SSSR count). The third-order valence-electron chi connectivity index (χ3n) is 3.80. The van der Waals surface area contributed by atoms with E-state index < -0.39 is 12.0 Å². The van der Waals surface area contributed by atoms with Crippen LogP contribution < -0.4 is 0 Å². The fraction of sp³-hybridized carbons (Fsp3) is 0.833. The molecule has 102 valence electrons. The number of rotatable bonds is 1. The molecule has 0 radical (unpaired) electrons. The summed E-state index contributed by atoms with van der Waals surface area (Å²) in [6.07, 6.45) is 1.97. The average molecular weight is 272 g/mol. The summed E-state index contributed by atoms with van der Waals surface area (Å²) in [6.45, 7) is 5.89. The Bertz CT molecular complexity index is 349. The van der Waals surface area contributed by atoms with Gasteiger partial charge in [0.25, 0.3) is 0 Å². The first-order chi connectivity index (χ1) is 8.41. The van der Waals surface area contributed by atoms with Crippen molar-refractivity contribution in [1.82, 2.24) is 9.80 Å². The first kappa shape index (κ1) is 13.5. The molecule has 0 aromatic rings. The molecule has 2 fully saturated rings. The fourth-order valence-electron chi connectivity index (χ4n) is 2.32. The molecule has 1 atom stereocenters. The van der Waals surface area contributed by atoms with Gasteiger partial charge in [0.05, 0.1) is 5.88 Å². The quantitative estimate of drug-likeness (QED) is 0.789. The molecule has 2 heterocycles. The number of urea groups is 1. The zero-order valence-electron chi connectivity index (χ0n) is 10.9. The first-order valence-electron chi connectivity index (χ1n) is 6.27. The zero-order valence-corrected chi connectivity index (χ0v) is 11.7. The number of hydrogen-bond acceptors (Lipinski definition) is 3. The van der Waals surface area contributed by atoms with E-state index in [4.69, 9.17) is 5.11 Å². The van der Waals surface area contributed by atoms with Gasteiger partial charge in [-0.05, 0) is 18.3 Å². The molecule has 18 heavy (non-hydrogen) atoms. The molecule has 5 nitrogen and oxygen atoms in total. The van der Waals surface area contributed by atoms with Crippen molar-refractivity contribution in [3.63, 3.8) is 0 Å². The van der Waals surface area contributed by atoms with Gasteiger partial charge in [-0.3, -0.25) is 0 Å². The Morgan fingerprint density at radius 1 is 1.28 bits per heavy atom. The molecule has 0 bridgehead atoms. The second-order valence-electron chi connectivity index (χ2n) is 5.76. The SMILES string of the molecule is CC1(C)CCN(C(=O)N2CSC[C@H]2C(=O)O)CC1. The Labute approximate surface area is 112 Å². The van der Waals surface area contributed by atoms with Crippen molar-refractivity contribution in [3.8, 4) is 0 Å². The molecule has 0 saturated carbocycles. The number of carbonyl (C=O) groups excluding carboxylic acids is 1. The van der Waals surface area contributed by atoms with Crippen LogP contribution >= 0.6 is 11.8 Å². The molecule has 6 heteroatoms. The molecule has 0 spiro atoms. The molecule has 0 unspecified atom stereocenters. The van der Waals surface area contributed by atoms with Gasteiger partial charge in [0.1, 0.15) is 6.04 Å². The molecule has 2 saturated heterocycles. The van der Waals surface area contributed by atoms with E-state index in [1.54, 1.807) is 4.90 Å². The lowest BCUT2D eigenvalue weighted by Crippen LogP contribution is -2.51. The summed E-state index contributed by atoms with van der Waals surface area (Å²) < 4.78 is 0. The maximum absolute atomic E-state index is 12.3. The summed E-state index contributed by atoms with van der Waals surface area (Å²) in [5.74, 6) is 0.0986. The summed E-state index contributed by atoms with van der Waals surface area (Å²) >= 11 is 1.51. The van der Waals surface area contributed by atoms with Crippen molar-refractivity contribution < 1.29 is 14.7 Å². The highest BCUT2D eigenvalue weighted by molar-refractivity contribution is 7.99. The fourth-order valence-corrected chi connectivity index (χ4v) is 3.46. The van der Waals surface area contributed by atoms with E-state index in [0.29, 0.717) is 17.0 Å². The Hall–Kier alpha value is -0.910. The second kappa shape index (κ2) is 4.99. The van der Waals surface area contributed by atoms with E-state index >= 15 is 0 Å². The Balaban J connectivity index is 1.97. The van der Waals surface area contributed by atoms with Crippen molar-refractivity contribution in [3.05, 3.63) is 0 Å². The molecule has 2 aliphatic rings. The Morgan fingerprint density at radius 2 is 1.89 bits per heavy atom. The van der Waals surface area contributed by atoms with Gasteiger partial charge >= 0.3 is 12.0 Å². The normalized spacial score (nSPS) is 27.3. The topological polar surface area (TPSA) is 60.9 Å². The van der Waals surface area contributed by atoms with E-state index in [1.165, 1.54) is 16.7 Å². The van der Waals surface area contributed by atoms with Gasteiger partial charge in [0, 0.05) is 18.8 Å². The van der Waals surface area contributed by atoms with E-state index in [9.17, 15) is 9.59 Å². The summed E-state index contributed by atoms with van der Waals surface area (Å²) in [4.78, 5) is 26.7. The van der Waals surface area contributed by atoms with Crippen molar-refractivity contribution in [1.29, 1.82) is 0 Å². The number of carboxylic acids is 1. The van der Waals surface area contributed by atoms with Gasteiger partial charge in [0.2, 0.25) is 0 Å². The first-order valence-corrected chi connectivity index (χ1v) is 7.42. The molecular formula is C12H20N2O3S. The van der Waals surface area contributed by atoms with Crippen molar-refractivity contribution >= 4 is 23.8 Å². The van der Waals surface area contributed by atoms with Crippen LogP contribution in [0.15, 0.2) is 0 Å². The molecule has 2 amide bonds. The number of thioether (sulfide) groups is 1. The van der Waals surface area contributed by atoms with Crippen LogP contribution in [0.1, 0.15) is 26.7 Å². The minimum atomic E-state index is -0.898. The van der Waals surface area contributed by atoms with Crippen LogP contribution in [0.2, 0.25) is 0 Å². The van der Waals surface area contributed by atoms with Crippen LogP contribution in [0.5, 0.6) is 0 Å². The lowest BCUT2D eigenvalue weighted by Gasteiger charge is -2.39. The van der Waals surface area contributed by atoms with Crippen molar-refractivity contribution in [2.24, 2.45) is 5.41 Å². The summed E-state index contributed by atoms with van der Waals surface area (Å²) in [7, 11) is 0. The van der Waals surface area contributed by atoms with Crippen LogP contribution in [0.3, 0.4) is 0 Å². The highest BCUT2D eigenvalue weighted by Crippen LogP contribution is 2.31. The van der Waals surface area contributed by atoms with Gasteiger partial charge in [-0.15, -0.1) is 11.8 Å². The predicted octanol–water partition coefficient (Wildman–Crippen LogP) is 1.69. The summed E-state index contributed by atoms with van der Waals surface area (Å²) in [5, 5.41) is 9.09. The lowest BCUT2D eigenvalue weighted by atomic mass is 9.83. The number of hydrogen-bond donors (Lipinski definition) is 1. The molecule has 0 aromatic carbocycles. The largest absolute Gasteiger partial charge is 0.480 e. The standard InChI is InChI=1S/C12H20N2O3S/c1-12(2)3-5-13(6-4-12)11(17)14-8-18-7-9(14)10(15)16/h9H,3-8H2,1-2H3,(H,15,16)/t9-/m0/s1. The van der Waals surface area contributed by atoms with E-state index in [-0.39, 0.29) is 6.03 Å². The maximum Gasteiger partial charge on any atom is 0.327 e. The number of carboxylic acid groups (broad SMARTS) is 1. The van der Waals surface area contributed by atoms with E-state index in [2.05, 4.69) is 13.8 Å². The third-order valence-corrected chi connectivity index (χ3v) is 4.81. The maximum atomic E-state index is 12.3. The summed E-state index contributed by atoms with van der Waals surface area (Å²) in [5.41, 5.74) is 0.294. The third kappa shape index (κ3) is 2.74. The van der Waals surface area contributed by atoms with E-state index in [0.717, 1.165) is 25.9 Å². The van der Waals surface area contributed by atoms with Crippen molar-refractivity contribution in [2.75, 3.05) is 24.7 Å². The minimum absolute atomic E-state index is 0.108. The Kier molecular flexibility index (Phi) is 3.75. The van der Waals surface area contributed by atoms with Crippen LogP contribution in [0.25, 0.3) is 0 Å². The number of likely N-dealkylation sites (tertiary alicyclic amines) is 1. The minimum Gasteiger partial charge on any atom is -0.480 e. The highest BCUT2D eigenvalue weighted by Gasteiger charge is 2.38. The monoisotopic (exact) mass is 272 g/mol. The van der Waals surface area contributed by atoms with Gasteiger partial charge < -0.3 is 14.9 Å². The number of amides is 2. The second-order valence-corrected chi connectivity index (χ2v) is 6.76. The average Bonchev–Trinajstić information content (AvgIpc) is 2.77. The number of nitrogens with zero attached hydrogens (tertiary/aromatic N) is 2. The highest BCUT2D eigenvalue weighted by atomic mass is 32.2. The van der Waals surface area contributed by atoms with Crippen LogP contribution in [0, 0.1) is 5.41 Å². The lowest BCUT2D eigenvalue weighted by molar-refractivity contribution is -0.141. The smallest absolute Gasteiger partial charge is 0.327 e. The van der Waals surface area contributed by atoms with Gasteiger partial charge in [-0.2, -0.15) is 0 Å². The van der Waals surface area contributed by atoms with Crippen molar-refractivity contribution in [2.45, 2.75) is 32.7 Å². The van der Waals surface area contributed by atoms with Gasteiger partial charge in [0.15, 0.2) is 0 Å². The van der Waals surface area contributed by atoms with Crippen LogP contribution in [0.4, 0.5) is 4.79 Å². The molecular weight excluding hydrogens is 252 g/mol. The summed E-state index contributed by atoms with van der Waals surface area (Å²) in [6, 6.07) is -0.764. The van der Waals surface area contributed by atoms with Crippen LogP contribution in [-0.2, 0) is 4.79 Å². The zero-order chi connectivity index (χ0) is 13.3. The predicted molar refractivity (Wildman–Crippen MR) is 70.6 cm³/mol. The number of piperidine rings is 1. The Morgan fingerprint density at radius 3 is 2.44 bits per heavy atom. The molecule has 1 N–H and O–H groups in total. The number of aliphatic carboxylic acids is 1. The van der Waals surface area contributed by atoms with Crippen LogP contribution in [-0.4, -0.2) is 57.7 Å². The van der Waals surface area contributed by atoms with Gasteiger partial charge in [-0.1, -0.05) is 13.8 Å². The van der Waals surface area contributed by atoms with Gasteiger partial charge in [-0.25, -0.2) is 9.59 Å². The molecule has 2 aliphatic heterocycles.